The summed E-state index contributed by atoms with van der Waals surface area (Å²) in [4.78, 5) is 59.4. The molecule has 0 saturated carbocycles. The van der Waals surface area contributed by atoms with Crippen molar-refractivity contribution < 1.29 is 29.1 Å². The Morgan fingerprint density at radius 2 is 1.29 bits per heavy atom. The van der Waals surface area contributed by atoms with Gasteiger partial charge in [0.2, 0.25) is 0 Å². The monoisotopic (exact) mass is 292 g/mol. The number of carbonyl (C=O) groups excluding carboxylic acids is 4. The highest BCUT2D eigenvalue weighted by atomic mass is 16.4. The second-order valence-corrected chi connectivity index (χ2v) is 5.45. The first-order chi connectivity index (χ1) is 9.44. The van der Waals surface area contributed by atoms with Crippen molar-refractivity contribution in [3.05, 3.63) is 22.3 Å². The average molecular weight is 292 g/mol. The first kappa shape index (κ1) is 16.7. The van der Waals surface area contributed by atoms with Crippen LogP contribution in [0.1, 0.15) is 34.6 Å². The molecule has 21 heavy (non-hydrogen) atoms. The van der Waals surface area contributed by atoms with Gasteiger partial charge in [0.05, 0.1) is 16.6 Å². The van der Waals surface area contributed by atoms with E-state index >= 15 is 0 Å². The summed E-state index contributed by atoms with van der Waals surface area (Å²) < 4.78 is 0. The topological polar surface area (TPSA) is 106 Å². The van der Waals surface area contributed by atoms with Crippen molar-refractivity contribution in [2.75, 3.05) is 0 Å². The zero-order valence-electron chi connectivity index (χ0n) is 12.5. The van der Waals surface area contributed by atoms with Crippen LogP contribution in [-0.2, 0) is 24.0 Å². The van der Waals surface area contributed by atoms with E-state index < -0.39 is 45.7 Å². The molecule has 0 aromatic rings. The summed E-state index contributed by atoms with van der Waals surface area (Å²) in [5, 5.41) is 9.25. The minimum atomic E-state index is -1.64. The normalized spacial score (nSPS) is 16.4. The highest BCUT2D eigenvalue weighted by Gasteiger charge is 2.45. The quantitative estimate of drug-likeness (QED) is 0.613. The minimum absolute atomic E-state index is 0.109. The first-order valence-electron chi connectivity index (χ1n) is 6.24. The zero-order valence-corrected chi connectivity index (χ0v) is 12.5. The van der Waals surface area contributed by atoms with Crippen molar-refractivity contribution in [2.24, 2.45) is 5.41 Å². The molecule has 6 heteroatoms. The van der Waals surface area contributed by atoms with Gasteiger partial charge in [-0.3, -0.25) is 24.0 Å². The van der Waals surface area contributed by atoms with Gasteiger partial charge in [0, 0.05) is 11.1 Å². The van der Waals surface area contributed by atoms with Crippen LogP contribution in [0.5, 0.6) is 0 Å². The van der Waals surface area contributed by atoms with Crippen molar-refractivity contribution in [3.8, 4) is 0 Å². The summed E-state index contributed by atoms with van der Waals surface area (Å²) >= 11 is 0. The summed E-state index contributed by atoms with van der Waals surface area (Å²) in [5.41, 5.74) is -2.99. The van der Waals surface area contributed by atoms with Gasteiger partial charge < -0.3 is 5.11 Å². The zero-order chi connectivity index (χ0) is 16.7. The van der Waals surface area contributed by atoms with Gasteiger partial charge >= 0.3 is 5.97 Å². The largest absolute Gasteiger partial charge is 0.481 e. The number of rotatable bonds is 4. The van der Waals surface area contributed by atoms with E-state index in [-0.39, 0.29) is 11.1 Å². The molecule has 1 aliphatic carbocycles. The van der Waals surface area contributed by atoms with E-state index in [2.05, 4.69) is 0 Å². The Balaban J connectivity index is 3.73. The second kappa shape index (κ2) is 5.20. The molecule has 0 aliphatic heterocycles. The summed E-state index contributed by atoms with van der Waals surface area (Å²) in [7, 11) is 0. The summed E-state index contributed by atoms with van der Waals surface area (Å²) in [6, 6.07) is 0. The van der Waals surface area contributed by atoms with Crippen molar-refractivity contribution in [1.82, 2.24) is 0 Å². The van der Waals surface area contributed by atoms with Gasteiger partial charge in [0.1, 0.15) is 0 Å². The maximum Gasteiger partial charge on any atom is 0.313 e. The second-order valence-electron chi connectivity index (χ2n) is 5.45. The molecule has 0 amide bonds. The van der Waals surface area contributed by atoms with Crippen LogP contribution >= 0.6 is 0 Å². The third kappa shape index (κ3) is 2.49. The number of carbonyl (C=O) groups is 5. The Morgan fingerprint density at radius 3 is 1.62 bits per heavy atom. The van der Waals surface area contributed by atoms with Crippen molar-refractivity contribution in [2.45, 2.75) is 34.6 Å². The van der Waals surface area contributed by atoms with Crippen LogP contribution < -0.4 is 0 Å². The van der Waals surface area contributed by atoms with Crippen molar-refractivity contribution in [1.29, 1.82) is 0 Å². The Labute approximate surface area is 121 Å². The third-order valence-electron chi connectivity index (χ3n) is 3.51. The van der Waals surface area contributed by atoms with Gasteiger partial charge in [0.15, 0.2) is 23.1 Å². The summed E-state index contributed by atoms with van der Waals surface area (Å²) in [6.07, 6.45) is 0. The average Bonchev–Trinajstić information content (AvgIpc) is 2.31. The van der Waals surface area contributed by atoms with Gasteiger partial charge in [-0.2, -0.15) is 0 Å². The van der Waals surface area contributed by atoms with Gasteiger partial charge in [-0.25, -0.2) is 0 Å². The standard InChI is InChI=1S/C15H16O6/c1-6-11(15(4,5)14(20)21)13(19)10(8(3)17)9(7(2)16)12(6)18/h1-5H3,(H,20,21). The number of ketones is 4. The molecule has 1 rings (SSSR count). The fraction of sp³-hybridized carbons (Fsp3) is 0.400. The van der Waals surface area contributed by atoms with Crippen LogP contribution in [0, 0.1) is 5.41 Å². The molecular weight excluding hydrogens is 276 g/mol. The van der Waals surface area contributed by atoms with E-state index in [0.717, 1.165) is 13.8 Å². The molecule has 0 fully saturated rings. The SMILES string of the molecule is CC(=O)C1=C(C(C)=O)C(=O)C(C(C)(C)C(=O)O)=C(C)C1=O. The van der Waals surface area contributed by atoms with Crippen LogP contribution in [0.15, 0.2) is 22.3 Å². The summed E-state index contributed by atoms with van der Waals surface area (Å²) in [6.45, 7) is 5.99. The molecule has 0 bridgehead atoms. The molecule has 0 atom stereocenters. The molecule has 1 aliphatic rings. The fourth-order valence-corrected chi connectivity index (χ4v) is 2.35. The Bertz CT molecular complexity index is 658. The maximum atomic E-state index is 12.5. The minimum Gasteiger partial charge on any atom is -0.481 e. The van der Waals surface area contributed by atoms with Crippen LogP contribution in [0.4, 0.5) is 0 Å². The molecule has 1 N–H and O–H groups in total. The lowest BCUT2D eigenvalue weighted by molar-refractivity contribution is -0.146. The maximum absolute atomic E-state index is 12.5. The lowest BCUT2D eigenvalue weighted by atomic mass is 9.71. The third-order valence-corrected chi connectivity index (χ3v) is 3.51. The molecule has 0 spiro atoms. The Morgan fingerprint density at radius 1 is 0.905 bits per heavy atom. The highest BCUT2D eigenvalue weighted by Crippen LogP contribution is 2.37. The summed E-state index contributed by atoms with van der Waals surface area (Å²) in [5.74, 6) is -4.35. The lowest BCUT2D eigenvalue weighted by Crippen LogP contribution is -2.38. The smallest absolute Gasteiger partial charge is 0.313 e. The number of Topliss-reactive ketones (excluding diaryl/α,β-unsaturated/α-hetero) is 4. The molecule has 112 valence electrons. The molecule has 0 saturated heterocycles. The molecule has 0 aromatic heterocycles. The van der Waals surface area contributed by atoms with Crippen molar-refractivity contribution in [3.63, 3.8) is 0 Å². The molecule has 0 heterocycles. The number of hydrogen-bond donors (Lipinski definition) is 1. The van der Waals surface area contributed by atoms with Gasteiger partial charge in [-0.1, -0.05) is 0 Å². The number of hydrogen-bond acceptors (Lipinski definition) is 5. The predicted molar refractivity (Wildman–Crippen MR) is 72.5 cm³/mol. The number of carboxylic acid groups (broad SMARTS) is 1. The van der Waals surface area contributed by atoms with Gasteiger partial charge in [-0.05, 0) is 34.6 Å². The van der Waals surface area contributed by atoms with E-state index in [4.69, 9.17) is 0 Å². The van der Waals surface area contributed by atoms with E-state index in [1.165, 1.54) is 20.8 Å². The van der Waals surface area contributed by atoms with E-state index in [0.29, 0.717) is 0 Å². The number of aliphatic carboxylic acids is 1. The van der Waals surface area contributed by atoms with E-state index in [1.54, 1.807) is 0 Å². The highest BCUT2D eigenvalue weighted by molar-refractivity contribution is 6.42. The molecule has 6 nitrogen and oxygen atoms in total. The van der Waals surface area contributed by atoms with Crippen LogP contribution in [0.25, 0.3) is 0 Å². The van der Waals surface area contributed by atoms with E-state index in [9.17, 15) is 29.1 Å². The van der Waals surface area contributed by atoms with Crippen LogP contribution in [0.3, 0.4) is 0 Å². The van der Waals surface area contributed by atoms with Crippen molar-refractivity contribution >= 4 is 29.1 Å². The van der Waals surface area contributed by atoms with E-state index in [1.807, 2.05) is 0 Å². The number of carboxylic acids is 1. The van der Waals surface area contributed by atoms with Crippen LogP contribution in [0.2, 0.25) is 0 Å². The molecule has 0 unspecified atom stereocenters. The molecule has 0 radical (unpaired) electrons. The van der Waals surface area contributed by atoms with Gasteiger partial charge in [0.25, 0.3) is 0 Å². The first-order valence-corrected chi connectivity index (χ1v) is 6.24. The van der Waals surface area contributed by atoms with Gasteiger partial charge in [-0.15, -0.1) is 0 Å². The molecule has 0 aromatic carbocycles. The molecular formula is C15H16O6. The lowest BCUT2D eigenvalue weighted by Gasteiger charge is -2.28. The Kier molecular flexibility index (Phi) is 4.13. The number of allylic oxidation sites excluding steroid dienone is 3. The van der Waals surface area contributed by atoms with Crippen LogP contribution in [-0.4, -0.2) is 34.2 Å². The fourth-order valence-electron chi connectivity index (χ4n) is 2.35. The Hall–Kier alpha value is -2.37. The predicted octanol–water partition coefficient (Wildman–Crippen LogP) is 1.04.